The maximum Gasteiger partial charge on any atom is 0.225 e. The molecule has 0 aliphatic heterocycles. The maximum atomic E-state index is 13.7. The van der Waals surface area contributed by atoms with Crippen LogP contribution in [0.1, 0.15) is 32.8 Å². The van der Waals surface area contributed by atoms with Crippen LogP contribution in [0.25, 0.3) is 0 Å². The Labute approximate surface area is 135 Å². The predicted octanol–water partition coefficient (Wildman–Crippen LogP) is 2.99. The van der Waals surface area contributed by atoms with E-state index in [1.165, 1.54) is 17.0 Å². The van der Waals surface area contributed by atoms with Crippen LogP contribution in [0.2, 0.25) is 5.02 Å². The van der Waals surface area contributed by atoms with Crippen molar-refractivity contribution in [2.45, 2.75) is 33.7 Å². The molecule has 6 heteroatoms. The lowest BCUT2D eigenvalue weighted by Crippen LogP contribution is -2.37. The van der Waals surface area contributed by atoms with Gasteiger partial charge in [0, 0.05) is 42.6 Å². The molecule has 22 heavy (non-hydrogen) atoms. The number of amides is 2. The summed E-state index contributed by atoms with van der Waals surface area (Å²) in [6.07, 6.45) is 0.157. The summed E-state index contributed by atoms with van der Waals surface area (Å²) in [7, 11) is 1.58. The van der Waals surface area contributed by atoms with Crippen LogP contribution < -0.4 is 5.32 Å². The smallest absolute Gasteiger partial charge is 0.225 e. The topological polar surface area (TPSA) is 49.4 Å². The molecule has 1 N–H and O–H groups in total. The second-order valence-electron chi connectivity index (χ2n) is 6.21. The zero-order chi connectivity index (χ0) is 16.9. The molecule has 4 nitrogen and oxygen atoms in total. The van der Waals surface area contributed by atoms with E-state index in [-0.39, 0.29) is 31.3 Å². The molecule has 122 valence electrons. The fourth-order valence-corrected chi connectivity index (χ4v) is 1.97. The monoisotopic (exact) mass is 328 g/mol. The minimum atomic E-state index is -0.490. The Morgan fingerprint density at radius 2 is 1.95 bits per heavy atom. The molecule has 0 aliphatic carbocycles. The molecular formula is C16H22ClFN2O2. The molecular weight excluding hydrogens is 307 g/mol. The number of nitrogens with one attached hydrogen (secondary N) is 1. The summed E-state index contributed by atoms with van der Waals surface area (Å²) in [6, 6.07) is 4.41. The molecule has 0 atom stereocenters. The van der Waals surface area contributed by atoms with Crippen molar-refractivity contribution in [2.75, 3.05) is 13.6 Å². The first-order valence-electron chi connectivity index (χ1n) is 7.08. The average molecular weight is 329 g/mol. The number of rotatable bonds is 5. The van der Waals surface area contributed by atoms with Crippen molar-refractivity contribution in [3.05, 3.63) is 34.6 Å². The molecule has 0 radical (unpaired) electrons. The average Bonchev–Trinajstić information content (AvgIpc) is 2.41. The molecule has 0 aliphatic rings. The Kier molecular flexibility index (Phi) is 6.35. The lowest BCUT2D eigenvalue weighted by atomic mass is 9.96. The molecule has 0 saturated heterocycles. The van der Waals surface area contributed by atoms with Gasteiger partial charge >= 0.3 is 0 Å². The molecule has 1 aromatic carbocycles. The summed E-state index contributed by atoms with van der Waals surface area (Å²) in [4.78, 5) is 25.1. The maximum absolute atomic E-state index is 13.7. The first-order chi connectivity index (χ1) is 10.1. The van der Waals surface area contributed by atoms with Gasteiger partial charge in [0.2, 0.25) is 11.8 Å². The van der Waals surface area contributed by atoms with Gasteiger partial charge in [0.05, 0.1) is 0 Å². The van der Waals surface area contributed by atoms with Gasteiger partial charge in [-0.1, -0.05) is 38.4 Å². The highest BCUT2D eigenvalue weighted by Crippen LogP contribution is 2.20. The standard InChI is InChI=1S/C16H22ClFN2O2/c1-16(2,3)15(22)19-9-8-14(21)20(4)10-11-12(17)6-5-7-13(11)18/h5-7H,8-10H2,1-4H3,(H,19,22). The van der Waals surface area contributed by atoms with E-state index >= 15 is 0 Å². The van der Waals surface area contributed by atoms with Crippen LogP contribution in [0.15, 0.2) is 18.2 Å². The molecule has 0 fully saturated rings. The summed E-state index contributed by atoms with van der Waals surface area (Å²) in [5.74, 6) is -0.734. The summed E-state index contributed by atoms with van der Waals surface area (Å²) in [5, 5.41) is 3.00. The molecule has 0 bridgehead atoms. The first-order valence-corrected chi connectivity index (χ1v) is 7.46. The quantitative estimate of drug-likeness (QED) is 0.903. The van der Waals surface area contributed by atoms with Crippen LogP contribution in [0, 0.1) is 11.2 Å². The van der Waals surface area contributed by atoms with Crippen molar-refractivity contribution in [1.29, 1.82) is 0 Å². The van der Waals surface area contributed by atoms with Crippen molar-refractivity contribution >= 4 is 23.4 Å². The Hall–Kier alpha value is -1.62. The van der Waals surface area contributed by atoms with E-state index in [1.807, 2.05) is 0 Å². The molecule has 1 aromatic rings. The normalized spacial score (nSPS) is 11.2. The lowest BCUT2D eigenvalue weighted by molar-refractivity contribution is -0.131. The van der Waals surface area contributed by atoms with Gasteiger partial charge in [-0.15, -0.1) is 0 Å². The summed E-state index contributed by atoms with van der Waals surface area (Å²) < 4.78 is 13.7. The Morgan fingerprint density at radius 1 is 1.32 bits per heavy atom. The van der Waals surface area contributed by atoms with E-state index in [1.54, 1.807) is 33.9 Å². The number of hydrogen-bond acceptors (Lipinski definition) is 2. The Balaban J connectivity index is 2.51. The molecule has 0 unspecified atom stereocenters. The highest BCUT2D eigenvalue weighted by Gasteiger charge is 2.21. The van der Waals surface area contributed by atoms with E-state index in [9.17, 15) is 14.0 Å². The highest BCUT2D eigenvalue weighted by atomic mass is 35.5. The molecule has 0 spiro atoms. The fraction of sp³-hybridized carbons (Fsp3) is 0.500. The predicted molar refractivity (Wildman–Crippen MR) is 85.0 cm³/mol. The zero-order valence-corrected chi connectivity index (χ0v) is 14.1. The number of carbonyl (C=O) groups is 2. The van der Waals surface area contributed by atoms with Gasteiger partial charge in [0.15, 0.2) is 0 Å². The van der Waals surface area contributed by atoms with E-state index in [0.717, 1.165) is 0 Å². The van der Waals surface area contributed by atoms with Crippen molar-refractivity contribution in [1.82, 2.24) is 10.2 Å². The van der Waals surface area contributed by atoms with Crippen LogP contribution in [0.3, 0.4) is 0 Å². The second-order valence-corrected chi connectivity index (χ2v) is 6.61. The SMILES string of the molecule is CN(Cc1c(F)cccc1Cl)C(=O)CCNC(=O)C(C)(C)C. The minimum Gasteiger partial charge on any atom is -0.355 e. The summed E-state index contributed by atoms with van der Waals surface area (Å²) in [5.41, 5.74) is -0.200. The van der Waals surface area contributed by atoms with E-state index in [0.29, 0.717) is 10.6 Å². The number of halogens is 2. The van der Waals surface area contributed by atoms with Gasteiger partial charge < -0.3 is 10.2 Å². The van der Waals surface area contributed by atoms with Gasteiger partial charge in [0.25, 0.3) is 0 Å². The summed E-state index contributed by atoms with van der Waals surface area (Å²) in [6.45, 7) is 5.76. The Bertz CT molecular complexity index is 535. The second kappa shape index (κ2) is 7.58. The highest BCUT2D eigenvalue weighted by molar-refractivity contribution is 6.31. The zero-order valence-electron chi connectivity index (χ0n) is 13.4. The van der Waals surface area contributed by atoms with Crippen LogP contribution >= 0.6 is 11.6 Å². The van der Waals surface area contributed by atoms with Crippen LogP contribution in [0.5, 0.6) is 0 Å². The van der Waals surface area contributed by atoms with E-state index in [4.69, 9.17) is 11.6 Å². The van der Waals surface area contributed by atoms with Gasteiger partial charge in [-0.2, -0.15) is 0 Å². The first kappa shape index (κ1) is 18.4. The number of benzene rings is 1. The summed E-state index contributed by atoms with van der Waals surface area (Å²) >= 11 is 5.94. The van der Waals surface area contributed by atoms with E-state index < -0.39 is 11.2 Å². The van der Waals surface area contributed by atoms with Gasteiger partial charge in [-0.05, 0) is 12.1 Å². The Morgan fingerprint density at radius 3 is 2.50 bits per heavy atom. The molecule has 0 saturated carbocycles. The van der Waals surface area contributed by atoms with E-state index in [2.05, 4.69) is 5.32 Å². The number of carbonyl (C=O) groups excluding carboxylic acids is 2. The molecule has 0 heterocycles. The lowest BCUT2D eigenvalue weighted by Gasteiger charge is -2.20. The largest absolute Gasteiger partial charge is 0.355 e. The third-order valence-corrected chi connectivity index (χ3v) is 3.54. The third-order valence-electron chi connectivity index (χ3n) is 3.19. The van der Waals surface area contributed by atoms with Crippen molar-refractivity contribution in [3.63, 3.8) is 0 Å². The van der Waals surface area contributed by atoms with Crippen molar-refractivity contribution in [3.8, 4) is 0 Å². The fourth-order valence-electron chi connectivity index (χ4n) is 1.75. The number of nitrogens with zero attached hydrogens (tertiary/aromatic N) is 1. The van der Waals surface area contributed by atoms with Crippen LogP contribution in [-0.2, 0) is 16.1 Å². The van der Waals surface area contributed by atoms with Gasteiger partial charge in [0.1, 0.15) is 5.82 Å². The van der Waals surface area contributed by atoms with Crippen molar-refractivity contribution in [2.24, 2.45) is 5.41 Å². The van der Waals surface area contributed by atoms with Crippen molar-refractivity contribution < 1.29 is 14.0 Å². The minimum absolute atomic E-state index is 0.0948. The van der Waals surface area contributed by atoms with Crippen LogP contribution in [0.4, 0.5) is 4.39 Å². The van der Waals surface area contributed by atoms with Gasteiger partial charge in [-0.25, -0.2) is 4.39 Å². The van der Waals surface area contributed by atoms with Crippen LogP contribution in [-0.4, -0.2) is 30.3 Å². The number of hydrogen-bond donors (Lipinski definition) is 1. The molecule has 1 rings (SSSR count). The van der Waals surface area contributed by atoms with Gasteiger partial charge in [-0.3, -0.25) is 9.59 Å². The molecule has 2 amide bonds. The third kappa shape index (κ3) is 5.30. The molecule has 0 aromatic heterocycles.